The van der Waals surface area contributed by atoms with Crippen molar-refractivity contribution in [2.75, 3.05) is 10.6 Å². The molecular weight excluding hydrogens is 248 g/mol. The molecule has 1 aliphatic carbocycles. The van der Waals surface area contributed by atoms with Crippen LogP contribution in [0.25, 0.3) is 0 Å². The maximum atomic E-state index is 11.7. The van der Waals surface area contributed by atoms with Crippen LogP contribution in [0, 0.1) is 0 Å². The number of para-hydroxylation sites is 1. The third-order valence-corrected chi connectivity index (χ3v) is 3.62. The molecule has 5 nitrogen and oxygen atoms in total. The van der Waals surface area contributed by atoms with Crippen LogP contribution in [0.1, 0.15) is 23.8 Å². The van der Waals surface area contributed by atoms with E-state index >= 15 is 0 Å². The molecule has 0 aliphatic heterocycles. The van der Waals surface area contributed by atoms with Gasteiger partial charge in [0, 0.05) is 11.6 Å². The highest BCUT2D eigenvalue weighted by molar-refractivity contribution is 7.15. The quantitative estimate of drug-likeness (QED) is 0.891. The predicted octanol–water partition coefficient (Wildman–Crippen LogP) is 3.06. The van der Waals surface area contributed by atoms with Crippen LogP contribution in [0.4, 0.5) is 15.6 Å². The minimum Gasteiger partial charge on any atom is -0.308 e. The standard InChI is InChI=1S/C12H12N4OS/c17-11(13-9-4-2-1-3-5-9)14-12-16-15-10(18-12)8-6-7-8/h1-5,8H,6-7H2,(H2,13,14,16,17). The molecule has 1 saturated carbocycles. The molecule has 92 valence electrons. The third-order valence-electron chi connectivity index (χ3n) is 2.62. The van der Waals surface area contributed by atoms with Gasteiger partial charge in [-0.15, -0.1) is 10.2 Å². The zero-order valence-electron chi connectivity index (χ0n) is 9.59. The Morgan fingerprint density at radius 1 is 1.17 bits per heavy atom. The number of nitrogens with zero attached hydrogens (tertiary/aromatic N) is 2. The van der Waals surface area contributed by atoms with E-state index in [9.17, 15) is 4.79 Å². The molecule has 0 bridgehead atoms. The zero-order valence-corrected chi connectivity index (χ0v) is 10.4. The summed E-state index contributed by atoms with van der Waals surface area (Å²) in [6, 6.07) is 9.00. The number of aromatic nitrogens is 2. The summed E-state index contributed by atoms with van der Waals surface area (Å²) in [5.74, 6) is 0.565. The zero-order chi connectivity index (χ0) is 12.4. The Hall–Kier alpha value is -1.95. The van der Waals surface area contributed by atoms with Gasteiger partial charge < -0.3 is 5.32 Å². The topological polar surface area (TPSA) is 66.9 Å². The van der Waals surface area contributed by atoms with Crippen molar-refractivity contribution in [3.63, 3.8) is 0 Å². The van der Waals surface area contributed by atoms with Crippen LogP contribution in [-0.4, -0.2) is 16.2 Å². The second-order valence-corrected chi connectivity index (χ2v) is 5.17. The molecule has 2 N–H and O–H groups in total. The van der Waals surface area contributed by atoms with Gasteiger partial charge in [0.25, 0.3) is 0 Å². The smallest absolute Gasteiger partial charge is 0.308 e. The fraction of sp³-hybridized carbons (Fsp3) is 0.250. The Bertz CT molecular complexity index is 550. The number of rotatable bonds is 3. The molecule has 2 aromatic rings. The van der Waals surface area contributed by atoms with Crippen LogP contribution < -0.4 is 10.6 Å². The van der Waals surface area contributed by atoms with Crippen molar-refractivity contribution >= 4 is 28.2 Å². The number of benzene rings is 1. The number of carbonyl (C=O) groups excluding carboxylic acids is 1. The van der Waals surface area contributed by atoms with E-state index in [2.05, 4.69) is 20.8 Å². The lowest BCUT2D eigenvalue weighted by Gasteiger charge is -2.03. The van der Waals surface area contributed by atoms with Gasteiger partial charge in [0.1, 0.15) is 5.01 Å². The maximum absolute atomic E-state index is 11.7. The lowest BCUT2D eigenvalue weighted by molar-refractivity contribution is 0.262. The molecule has 0 saturated heterocycles. The first kappa shape index (κ1) is 11.2. The van der Waals surface area contributed by atoms with Crippen LogP contribution in [0.5, 0.6) is 0 Å². The molecule has 2 amide bonds. The highest BCUT2D eigenvalue weighted by atomic mass is 32.1. The fourth-order valence-corrected chi connectivity index (χ4v) is 2.47. The highest BCUT2D eigenvalue weighted by Crippen LogP contribution is 2.41. The van der Waals surface area contributed by atoms with Crippen molar-refractivity contribution in [3.05, 3.63) is 35.3 Å². The first-order chi connectivity index (χ1) is 8.81. The molecule has 1 aromatic heterocycles. The van der Waals surface area contributed by atoms with Gasteiger partial charge in [0.15, 0.2) is 0 Å². The number of carbonyl (C=O) groups is 1. The van der Waals surface area contributed by atoms with E-state index in [-0.39, 0.29) is 6.03 Å². The summed E-state index contributed by atoms with van der Waals surface area (Å²) < 4.78 is 0. The average molecular weight is 260 g/mol. The van der Waals surface area contributed by atoms with E-state index in [1.165, 1.54) is 24.2 Å². The molecule has 6 heteroatoms. The summed E-state index contributed by atoms with van der Waals surface area (Å²) in [6.07, 6.45) is 2.37. The van der Waals surface area contributed by atoms with Crippen LogP contribution >= 0.6 is 11.3 Å². The van der Waals surface area contributed by atoms with E-state index in [0.29, 0.717) is 11.0 Å². The minimum absolute atomic E-state index is 0.292. The number of hydrogen-bond donors (Lipinski definition) is 2. The molecule has 0 radical (unpaired) electrons. The average Bonchev–Trinajstić information content (AvgIpc) is 3.12. The van der Waals surface area contributed by atoms with E-state index in [1.807, 2.05) is 30.3 Å². The summed E-state index contributed by atoms with van der Waals surface area (Å²) >= 11 is 1.45. The Kier molecular flexibility index (Phi) is 2.93. The SMILES string of the molecule is O=C(Nc1ccccc1)Nc1nnc(C2CC2)s1. The van der Waals surface area contributed by atoms with E-state index in [4.69, 9.17) is 0 Å². The van der Waals surface area contributed by atoms with Gasteiger partial charge in [0.2, 0.25) is 5.13 Å². The van der Waals surface area contributed by atoms with E-state index < -0.39 is 0 Å². The van der Waals surface area contributed by atoms with Crippen LogP contribution in [0.15, 0.2) is 30.3 Å². The second-order valence-electron chi connectivity index (χ2n) is 4.16. The molecular formula is C12H12N4OS. The van der Waals surface area contributed by atoms with Crippen molar-refractivity contribution in [1.29, 1.82) is 0 Å². The Morgan fingerprint density at radius 3 is 2.67 bits per heavy atom. The lowest BCUT2D eigenvalue weighted by Crippen LogP contribution is -2.19. The maximum Gasteiger partial charge on any atom is 0.325 e. The van der Waals surface area contributed by atoms with Gasteiger partial charge >= 0.3 is 6.03 Å². The number of amides is 2. The van der Waals surface area contributed by atoms with Crippen LogP contribution in [0.3, 0.4) is 0 Å². The normalized spacial score (nSPS) is 14.2. The van der Waals surface area contributed by atoms with Crippen molar-refractivity contribution in [2.45, 2.75) is 18.8 Å². The lowest BCUT2D eigenvalue weighted by atomic mass is 10.3. The Balaban J connectivity index is 1.59. The molecule has 0 atom stereocenters. The van der Waals surface area contributed by atoms with Gasteiger partial charge in [-0.1, -0.05) is 29.5 Å². The minimum atomic E-state index is -0.292. The van der Waals surface area contributed by atoms with Crippen LogP contribution in [-0.2, 0) is 0 Å². The summed E-state index contributed by atoms with van der Waals surface area (Å²) in [7, 11) is 0. The van der Waals surface area contributed by atoms with Crippen molar-refractivity contribution in [1.82, 2.24) is 10.2 Å². The van der Waals surface area contributed by atoms with Gasteiger partial charge in [-0.05, 0) is 25.0 Å². The number of anilines is 2. The molecule has 18 heavy (non-hydrogen) atoms. The van der Waals surface area contributed by atoms with Crippen molar-refractivity contribution < 1.29 is 4.79 Å². The monoisotopic (exact) mass is 260 g/mol. The van der Waals surface area contributed by atoms with Gasteiger partial charge in [-0.3, -0.25) is 5.32 Å². The van der Waals surface area contributed by atoms with Crippen molar-refractivity contribution in [2.24, 2.45) is 0 Å². The van der Waals surface area contributed by atoms with Gasteiger partial charge in [-0.25, -0.2) is 4.79 Å². The molecule has 0 spiro atoms. The third kappa shape index (κ3) is 2.65. The first-order valence-electron chi connectivity index (χ1n) is 5.78. The number of hydrogen-bond acceptors (Lipinski definition) is 4. The predicted molar refractivity (Wildman–Crippen MR) is 71.0 cm³/mol. The summed E-state index contributed by atoms with van der Waals surface area (Å²) in [5.41, 5.74) is 0.752. The van der Waals surface area contributed by atoms with Gasteiger partial charge in [0.05, 0.1) is 0 Å². The largest absolute Gasteiger partial charge is 0.325 e. The first-order valence-corrected chi connectivity index (χ1v) is 6.59. The van der Waals surface area contributed by atoms with Crippen LogP contribution in [0.2, 0.25) is 0 Å². The fourth-order valence-electron chi connectivity index (χ4n) is 1.56. The summed E-state index contributed by atoms with van der Waals surface area (Å²) in [5, 5.41) is 15.0. The highest BCUT2D eigenvalue weighted by Gasteiger charge is 2.27. The van der Waals surface area contributed by atoms with Crippen molar-refractivity contribution in [3.8, 4) is 0 Å². The van der Waals surface area contributed by atoms with Gasteiger partial charge in [-0.2, -0.15) is 0 Å². The second kappa shape index (κ2) is 4.73. The Labute approximate surface area is 108 Å². The summed E-state index contributed by atoms with van der Waals surface area (Å²) in [6.45, 7) is 0. The Morgan fingerprint density at radius 2 is 1.94 bits per heavy atom. The molecule has 1 aliphatic rings. The molecule has 0 unspecified atom stereocenters. The molecule has 1 heterocycles. The number of urea groups is 1. The molecule has 1 aromatic carbocycles. The molecule has 3 rings (SSSR count). The summed E-state index contributed by atoms with van der Waals surface area (Å²) in [4.78, 5) is 11.7. The molecule has 1 fully saturated rings. The number of nitrogens with one attached hydrogen (secondary N) is 2. The van der Waals surface area contributed by atoms with E-state index in [0.717, 1.165) is 10.7 Å². The van der Waals surface area contributed by atoms with E-state index in [1.54, 1.807) is 0 Å².